The Bertz CT molecular complexity index is 1490. The molecule has 1 saturated heterocycles. The van der Waals surface area contributed by atoms with Gasteiger partial charge in [-0.2, -0.15) is 0 Å². The molecule has 2 aliphatic rings. The molecule has 0 spiro atoms. The molecule has 0 aliphatic carbocycles. The van der Waals surface area contributed by atoms with Gasteiger partial charge in [0.2, 0.25) is 6.79 Å². The van der Waals surface area contributed by atoms with Crippen LogP contribution in [-0.2, 0) is 24.4 Å². The Balaban J connectivity index is 1.38. The Morgan fingerprint density at radius 2 is 1.79 bits per heavy atom. The zero-order valence-corrected chi connectivity index (χ0v) is 23.2. The van der Waals surface area contributed by atoms with E-state index in [2.05, 4.69) is 6.58 Å². The number of thioether (sulfide) groups is 1. The van der Waals surface area contributed by atoms with Crippen molar-refractivity contribution in [3.63, 3.8) is 0 Å². The second-order valence-corrected chi connectivity index (χ2v) is 10.5. The first-order valence-corrected chi connectivity index (χ1v) is 13.5. The number of rotatable bonds is 9. The minimum Gasteiger partial charge on any atom is -0.493 e. The molecular formula is C29H23Cl2NO6S. The summed E-state index contributed by atoms with van der Waals surface area (Å²) in [5.41, 5.74) is 3.05. The molecule has 39 heavy (non-hydrogen) atoms. The molecule has 2 heterocycles. The largest absolute Gasteiger partial charge is 0.493 e. The molecule has 3 aromatic carbocycles. The average Bonchev–Trinajstić information content (AvgIpc) is 3.48. The first-order valence-electron chi connectivity index (χ1n) is 11.9. The zero-order valence-electron chi connectivity index (χ0n) is 20.9. The molecule has 3 aromatic rings. The van der Waals surface area contributed by atoms with E-state index in [0.29, 0.717) is 62.1 Å². The fourth-order valence-electron chi connectivity index (χ4n) is 4.16. The van der Waals surface area contributed by atoms with Crippen LogP contribution in [0.3, 0.4) is 0 Å². The quantitative estimate of drug-likeness (QED) is 0.193. The molecule has 0 unspecified atom stereocenters. The van der Waals surface area contributed by atoms with Crippen LogP contribution in [-0.4, -0.2) is 29.9 Å². The molecule has 1 fully saturated rings. The topological polar surface area (TPSA) is 74.3 Å². The van der Waals surface area contributed by atoms with Crippen molar-refractivity contribution >= 4 is 52.2 Å². The molecule has 2 aliphatic heterocycles. The van der Waals surface area contributed by atoms with Gasteiger partial charge in [0.15, 0.2) is 23.0 Å². The van der Waals surface area contributed by atoms with Crippen molar-refractivity contribution < 1.29 is 28.5 Å². The van der Waals surface area contributed by atoms with Gasteiger partial charge in [-0.15, -0.1) is 6.58 Å². The number of carbonyl (C=O) groups excluding carboxylic acids is 2. The third-order valence-corrected chi connectivity index (χ3v) is 7.59. The van der Waals surface area contributed by atoms with Gasteiger partial charge in [0, 0.05) is 21.7 Å². The number of allylic oxidation sites excluding steroid dienone is 1. The number of hydrogen-bond acceptors (Lipinski definition) is 7. The standard InChI is InChI=1S/C29H23Cl2NO6S/c1-3-4-19-9-18(10-25(35-2)27(19)36-15-17-5-7-21(30)8-6-17)11-26-28(33)32(29(34)39-26)14-20-12-23-24(13-22(20)31)38-16-37-23/h3,5-13H,1,4,14-16H2,2H3/b26-11-. The van der Waals surface area contributed by atoms with E-state index in [9.17, 15) is 9.59 Å². The molecule has 0 aromatic heterocycles. The van der Waals surface area contributed by atoms with Crippen LogP contribution in [0.2, 0.25) is 10.0 Å². The maximum atomic E-state index is 13.2. The number of carbonyl (C=O) groups is 2. The molecule has 0 saturated carbocycles. The maximum absolute atomic E-state index is 13.2. The summed E-state index contributed by atoms with van der Waals surface area (Å²) < 4.78 is 22.5. The Morgan fingerprint density at radius 1 is 1.05 bits per heavy atom. The van der Waals surface area contributed by atoms with Crippen LogP contribution in [0, 0.1) is 0 Å². The summed E-state index contributed by atoms with van der Waals surface area (Å²) in [6.07, 6.45) is 3.94. The third kappa shape index (κ3) is 5.88. The van der Waals surface area contributed by atoms with Crippen LogP contribution < -0.4 is 18.9 Å². The fraction of sp³-hybridized carbons (Fsp3) is 0.172. The van der Waals surface area contributed by atoms with E-state index in [0.717, 1.165) is 27.8 Å². The number of benzene rings is 3. The Hall–Kier alpha value is -3.59. The van der Waals surface area contributed by atoms with Crippen molar-refractivity contribution in [2.24, 2.45) is 0 Å². The van der Waals surface area contributed by atoms with Crippen molar-refractivity contribution in [1.82, 2.24) is 4.90 Å². The molecule has 200 valence electrons. The summed E-state index contributed by atoms with van der Waals surface area (Å²) in [6, 6.07) is 14.4. The van der Waals surface area contributed by atoms with Crippen LogP contribution in [0.15, 0.2) is 66.1 Å². The minimum atomic E-state index is -0.411. The molecule has 0 radical (unpaired) electrons. The monoisotopic (exact) mass is 583 g/mol. The summed E-state index contributed by atoms with van der Waals surface area (Å²) in [4.78, 5) is 27.5. The molecule has 5 rings (SSSR count). The second kappa shape index (κ2) is 11.7. The number of fused-ring (bicyclic) bond motifs is 1. The van der Waals surface area contributed by atoms with Crippen LogP contribution >= 0.6 is 35.0 Å². The van der Waals surface area contributed by atoms with Crippen LogP contribution in [0.4, 0.5) is 4.79 Å². The van der Waals surface area contributed by atoms with Gasteiger partial charge in [0.05, 0.1) is 18.6 Å². The van der Waals surface area contributed by atoms with E-state index in [1.165, 1.54) is 0 Å². The number of amides is 2. The Morgan fingerprint density at radius 3 is 2.51 bits per heavy atom. The molecule has 0 N–H and O–H groups in total. The zero-order chi connectivity index (χ0) is 27.5. The molecule has 10 heteroatoms. The van der Waals surface area contributed by atoms with Gasteiger partial charge in [-0.05, 0) is 71.3 Å². The van der Waals surface area contributed by atoms with Crippen LogP contribution in [0.1, 0.15) is 22.3 Å². The number of halogens is 2. The van der Waals surface area contributed by atoms with Gasteiger partial charge < -0.3 is 18.9 Å². The smallest absolute Gasteiger partial charge is 0.293 e. The molecule has 0 bridgehead atoms. The number of hydrogen-bond donors (Lipinski definition) is 0. The lowest BCUT2D eigenvalue weighted by Crippen LogP contribution is -2.27. The third-order valence-electron chi connectivity index (χ3n) is 6.08. The molecule has 2 amide bonds. The highest BCUT2D eigenvalue weighted by molar-refractivity contribution is 8.18. The first-order chi connectivity index (χ1) is 18.9. The predicted octanol–water partition coefficient (Wildman–Crippen LogP) is 7.27. The summed E-state index contributed by atoms with van der Waals surface area (Å²) in [5, 5.41) is 0.646. The van der Waals surface area contributed by atoms with E-state index in [1.807, 2.05) is 18.2 Å². The van der Waals surface area contributed by atoms with Gasteiger partial charge in [-0.3, -0.25) is 14.5 Å². The lowest BCUT2D eigenvalue weighted by molar-refractivity contribution is -0.123. The summed E-state index contributed by atoms with van der Waals surface area (Å²) >= 11 is 13.2. The number of methoxy groups -OCH3 is 1. The van der Waals surface area contributed by atoms with Crippen molar-refractivity contribution in [2.75, 3.05) is 13.9 Å². The molecule has 7 nitrogen and oxygen atoms in total. The van der Waals surface area contributed by atoms with Crippen molar-refractivity contribution in [3.05, 3.63) is 98.4 Å². The van der Waals surface area contributed by atoms with Gasteiger partial charge in [-0.25, -0.2) is 0 Å². The van der Waals surface area contributed by atoms with Gasteiger partial charge in [0.1, 0.15) is 6.61 Å². The van der Waals surface area contributed by atoms with Gasteiger partial charge >= 0.3 is 0 Å². The molecular weight excluding hydrogens is 561 g/mol. The normalized spacial score (nSPS) is 15.3. The van der Waals surface area contributed by atoms with Crippen LogP contribution in [0.5, 0.6) is 23.0 Å². The van der Waals surface area contributed by atoms with Crippen molar-refractivity contribution in [2.45, 2.75) is 19.6 Å². The number of imide groups is 1. The highest BCUT2D eigenvalue weighted by Crippen LogP contribution is 2.40. The van der Waals surface area contributed by atoms with Crippen molar-refractivity contribution in [3.8, 4) is 23.0 Å². The van der Waals surface area contributed by atoms with E-state index < -0.39 is 5.91 Å². The highest BCUT2D eigenvalue weighted by atomic mass is 35.5. The van der Waals surface area contributed by atoms with Crippen LogP contribution in [0.25, 0.3) is 6.08 Å². The summed E-state index contributed by atoms with van der Waals surface area (Å²) in [7, 11) is 1.55. The lowest BCUT2D eigenvalue weighted by atomic mass is 10.0. The maximum Gasteiger partial charge on any atom is 0.293 e. The molecule has 0 atom stereocenters. The van der Waals surface area contributed by atoms with Gasteiger partial charge in [-0.1, -0.05) is 41.4 Å². The Labute approximate surface area is 239 Å². The van der Waals surface area contributed by atoms with Crippen molar-refractivity contribution in [1.29, 1.82) is 0 Å². The number of nitrogens with zero attached hydrogens (tertiary/aromatic N) is 1. The highest BCUT2D eigenvalue weighted by Gasteiger charge is 2.36. The lowest BCUT2D eigenvalue weighted by Gasteiger charge is -2.16. The van der Waals surface area contributed by atoms with Gasteiger partial charge in [0.25, 0.3) is 11.1 Å². The Kier molecular flexibility index (Phi) is 8.07. The van der Waals surface area contributed by atoms with E-state index in [1.54, 1.807) is 49.6 Å². The SMILES string of the molecule is C=CCc1cc(/C=C2\SC(=O)N(Cc3cc4c(cc3Cl)OCO4)C2=O)cc(OC)c1OCc1ccc(Cl)cc1. The second-order valence-electron chi connectivity index (χ2n) is 8.68. The summed E-state index contributed by atoms with van der Waals surface area (Å²) in [6.45, 7) is 4.28. The average molecular weight is 584 g/mol. The minimum absolute atomic E-state index is 0.0139. The fourth-order valence-corrected chi connectivity index (χ4v) is 5.34. The van der Waals surface area contributed by atoms with E-state index in [4.69, 9.17) is 42.1 Å². The number of ether oxygens (including phenoxy) is 4. The van der Waals surface area contributed by atoms with E-state index >= 15 is 0 Å². The predicted molar refractivity (Wildman–Crippen MR) is 152 cm³/mol. The summed E-state index contributed by atoms with van der Waals surface area (Å²) in [5.74, 6) is 1.72. The van der Waals surface area contributed by atoms with E-state index in [-0.39, 0.29) is 18.6 Å². The first kappa shape index (κ1) is 27.0.